The normalized spacial score (nSPS) is 12.3. The Balaban J connectivity index is 1.72. The van der Waals surface area contributed by atoms with Gasteiger partial charge in [0.25, 0.3) is 0 Å². The van der Waals surface area contributed by atoms with Gasteiger partial charge in [-0.15, -0.1) is 16.8 Å². The maximum absolute atomic E-state index is 13.2. The third-order valence-electron chi connectivity index (χ3n) is 4.98. The first-order valence-electron chi connectivity index (χ1n) is 10.6. The Bertz CT molecular complexity index is 1210. The third kappa shape index (κ3) is 6.58. The molecule has 0 spiro atoms. The molecule has 35 heavy (non-hydrogen) atoms. The summed E-state index contributed by atoms with van der Waals surface area (Å²) in [4.78, 5) is 12.4. The second kappa shape index (κ2) is 11.2. The molecule has 1 amide bonds. The highest BCUT2D eigenvalue weighted by Crippen LogP contribution is 2.35. The van der Waals surface area contributed by atoms with E-state index in [1.54, 1.807) is 10.6 Å². The van der Waals surface area contributed by atoms with Crippen LogP contribution in [0, 0.1) is 13.8 Å². The molecule has 2 aromatic carbocycles. The van der Waals surface area contributed by atoms with Crippen molar-refractivity contribution in [1.82, 2.24) is 14.8 Å². The van der Waals surface area contributed by atoms with Crippen molar-refractivity contribution in [2.24, 2.45) is 0 Å². The summed E-state index contributed by atoms with van der Waals surface area (Å²) < 4.78 is 47.3. The molecule has 11 heteroatoms. The fourth-order valence-corrected chi connectivity index (χ4v) is 4.26. The van der Waals surface area contributed by atoms with Crippen LogP contribution in [-0.2, 0) is 17.5 Å². The Morgan fingerprint density at radius 3 is 2.54 bits per heavy atom. The minimum atomic E-state index is -4.58. The summed E-state index contributed by atoms with van der Waals surface area (Å²) in [5.74, 6) is 0.381. The van der Waals surface area contributed by atoms with Crippen LogP contribution < -0.4 is 10.1 Å². The van der Waals surface area contributed by atoms with Crippen LogP contribution in [0.15, 0.2) is 54.2 Å². The molecule has 0 radical (unpaired) electrons. The Morgan fingerprint density at radius 1 is 1.26 bits per heavy atom. The zero-order valence-electron chi connectivity index (χ0n) is 19.3. The van der Waals surface area contributed by atoms with E-state index in [4.69, 9.17) is 16.3 Å². The zero-order valence-corrected chi connectivity index (χ0v) is 20.9. The summed E-state index contributed by atoms with van der Waals surface area (Å²) >= 11 is 7.29. The van der Waals surface area contributed by atoms with Crippen molar-refractivity contribution in [2.75, 3.05) is 11.1 Å². The number of rotatable bonds is 9. The number of allylic oxidation sites excluding steroid dienone is 1. The van der Waals surface area contributed by atoms with Crippen molar-refractivity contribution in [2.45, 2.75) is 44.8 Å². The van der Waals surface area contributed by atoms with E-state index in [9.17, 15) is 18.0 Å². The molecule has 6 nitrogen and oxygen atoms in total. The maximum atomic E-state index is 13.2. The topological polar surface area (TPSA) is 69.0 Å². The number of alkyl halides is 3. The number of carbonyl (C=O) groups excluding carboxylic acids is 1. The minimum absolute atomic E-state index is 0.160. The molecule has 3 aromatic rings. The largest absolute Gasteiger partial charge is 0.483 e. The van der Waals surface area contributed by atoms with Crippen LogP contribution in [0.5, 0.6) is 5.75 Å². The highest BCUT2D eigenvalue weighted by molar-refractivity contribution is 7.99. The highest BCUT2D eigenvalue weighted by atomic mass is 35.5. The van der Waals surface area contributed by atoms with Gasteiger partial charge in [0.05, 0.1) is 17.0 Å². The molecule has 0 aliphatic rings. The monoisotopic (exact) mass is 524 g/mol. The number of aryl methyl sites for hydroxylation is 2. The van der Waals surface area contributed by atoms with Gasteiger partial charge in [0.2, 0.25) is 5.91 Å². The number of ether oxygens (including phenoxy) is 1. The molecule has 186 valence electrons. The number of para-hydroxylation sites is 1. The molecule has 1 atom stereocenters. The SMILES string of the molecule is C=CCn1c(SCC(=O)Nc2ccccc2C(F)(F)F)nnc1C(C)Oc1cc(C)c(Cl)c(C)c1. The Hall–Kier alpha value is -2.98. The number of halogens is 4. The van der Waals surface area contributed by atoms with E-state index >= 15 is 0 Å². The molecule has 0 aliphatic heterocycles. The van der Waals surface area contributed by atoms with Gasteiger partial charge in [-0.3, -0.25) is 9.36 Å². The zero-order chi connectivity index (χ0) is 25.8. The molecule has 1 unspecified atom stereocenters. The predicted molar refractivity (Wildman–Crippen MR) is 131 cm³/mol. The molecular weight excluding hydrogens is 501 g/mol. The lowest BCUT2D eigenvalue weighted by Crippen LogP contribution is -2.18. The maximum Gasteiger partial charge on any atom is 0.418 e. The van der Waals surface area contributed by atoms with Crippen LogP contribution in [0.25, 0.3) is 0 Å². The fraction of sp³-hybridized carbons (Fsp3) is 0.292. The molecule has 0 aliphatic carbocycles. The smallest absolute Gasteiger partial charge is 0.418 e. The first-order chi connectivity index (χ1) is 16.5. The average molecular weight is 525 g/mol. The van der Waals surface area contributed by atoms with Gasteiger partial charge in [-0.05, 0) is 56.2 Å². The lowest BCUT2D eigenvalue weighted by molar-refractivity contribution is -0.137. The predicted octanol–water partition coefficient (Wildman–Crippen LogP) is 6.62. The highest BCUT2D eigenvalue weighted by Gasteiger charge is 2.33. The van der Waals surface area contributed by atoms with Crippen LogP contribution in [0.4, 0.5) is 18.9 Å². The van der Waals surface area contributed by atoms with Gasteiger partial charge in [-0.25, -0.2) is 0 Å². The van der Waals surface area contributed by atoms with E-state index < -0.39 is 23.8 Å². The van der Waals surface area contributed by atoms with Crippen LogP contribution in [0.2, 0.25) is 5.02 Å². The summed E-state index contributed by atoms with van der Waals surface area (Å²) in [6, 6.07) is 8.49. The number of aromatic nitrogens is 3. The molecule has 3 rings (SSSR count). The van der Waals surface area contributed by atoms with Crippen molar-refractivity contribution in [3.63, 3.8) is 0 Å². The van der Waals surface area contributed by atoms with Gasteiger partial charge in [0.15, 0.2) is 17.1 Å². The lowest BCUT2D eigenvalue weighted by atomic mass is 10.1. The number of nitrogens with zero attached hydrogens (tertiary/aromatic N) is 3. The van der Waals surface area contributed by atoms with Crippen LogP contribution in [0.3, 0.4) is 0 Å². The summed E-state index contributed by atoms with van der Waals surface area (Å²) in [5, 5.41) is 11.8. The van der Waals surface area contributed by atoms with Gasteiger partial charge in [0, 0.05) is 11.6 Å². The standard InChI is InChI=1S/C24H24ClF3N4O2S/c1-5-10-32-22(16(4)34-17-11-14(2)21(25)15(3)12-17)30-31-23(32)35-13-20(33)29-19-9-7-6-8-18(19)24(26,27)28/h5-9,11-12,16H,1,10,13H2,2-4H3,(H,29,33). The average Bonchev–Trinajstić information content (AvgIpc) is 3.18. The Kier molecular flexibility index (Phi) is 8.50. The minimum Gasteiger partial charge on any atom is -0.483 e. The molecule has 0 saturated heterocycles. The van der Waals surface area contributed by atoms with Crippen molar-refractivity contribution in [1.29, 1.82) is 0 Å². The van der Waals surface area contributed by atoms with E-state index in [1.165, 1.54) is 18.2 Å². The molecule has 0 fully saturated rings. The van der Waals surface area contributed by atoms with Gasteiger partial charge in [-0.1, -0.05) is 41.6 Å². The lowest BCUT2D eigenvalue weighted by Gasteiger charge is -2.17. The van der Waals surface area contributed by atoms with E-state index in [1.807, 2.05) is 32.9 Å². The summed E-state index contributed by atoms with van der Waals surface area (Å²) in [5.41, 5.74) is 0.565. The number of anilines is 1. The van der Waals surface area contributed by atoms with E-state index in [-0.39, 0.29) is 11.4 Å². The first kappa shape index (κ1) is 26.6. The number of thioether (sulfide) groups is 1. The van der Waals surface area contributed by atoms with Crippen molar-refractivity contribution in [3.8, 4) is 5.75 Å². The van der Waals surface area contributed by atoms with Crippen molar-refractivity contribution < 1.29 is 22.7 Å². The first-order valence-corrected chi connectivity index (χ1v) is 11.9. The fourth-order valence-electron chi connectivity index (χ4n) is 3.39. The van der Waals surface area contributed by atoms with Crippen molar-refractivity contribution >= 4 is 35.0 Å². The van der Waals surface area contributed by atoms with Crippen LogP contribution >= 0.6 is 23.4 Å². The molecular formula is C24H24ClF3N4O2S. The van der Waals surface area contributed by atoms with Crippen LogP contribution in [0.1, 0.15) is 35.5 Å². The van der Waals surface area contributed by atoms with Gasteiger partial charge in [0.1, 0.15) is 5.75 Å². The Morgan fingerprint density at radius 2 is 1.91 bits per heavy atom. The Labute approximate surface area is 210 Å². The van der Waals surface area contributed by atoms with E-state index in [0.29, 0.717) is 28.3 Å². The van der Waals surface area contributed by atoms with E-state index in [2.05, 4.69) is 22.1 Å². The molecule has 1 N–H and O–H groups in total. The number of amides is 1. The molecule has 0 saturated carbocycles. The van der Waals surface area contributed by atoms with Gasteiger partial charge >= 0.3 is 6.18 Å². The van der Waals surface area contributed by atoms with Crippen molar-refractivity contribution in [3.05, 3.63) is 76.6 Å². The number of hydrogen-bond acceptors (Lipinski definition) is 5. The second-order valence-corrected chi connectivity index (χ2v) is 9.07. The summed E-state index contributed by atoms with van der Waals surface area (Å²) in [6.45, 7) is 9.70. The molecule has 0 bridgehead atoms. The number of carbonyl (C=O) groups is 1. The number of benzene rings is 2. The number of hydrogen-bond donors (Lipinski definition) is 1. The quantitative estimate of drug-likeness (QED) is 0.251. The van der Waals surface area contributed by atoms with Crippen LogP contribution in [-0.4, -0.2) is 26.4 Å². The van der Waals surface area contributed by atoms with E-state index in [0.717, 1.165) is 29.0 Å². The third-order valence-corrected chi connectivity index (χ3v) is 6.55. The summed E-state index contributed by atoms with van der Waals surface area (Å²) in [7, 11) is 0. The summed E-state index contributed by atoms with van der Waals surface area (Å²) in [6.07, 6.45) is -3.41. The molecule has 1 heterocycles. The molecule has 1 aromatic heterocycles. The number of nitrogens with one attached hydrogen (secondary N) is 1. The second-order valence-electron chi connectivity index (χ2n) is 7.75. The van der Waals surface area contributed by atoms with Gasteiger partial charge in [-0.2, -0.15) is 13.2 Å². The van der Waals surface area contributed by atoms with Gasteiger partial charge < -0.3 is 10.1 Å².